The highest BCUT2D eigenvalue weighted by Gasteiger charge is 2.38. The normalized spacial score (nSPS) is 17.7. The lowest BCUT2D eigenvalue weighted by atomic mass is 9.93. The van der Waals surface area contributed by atoms with Crippen molar-refractivity contribution < 1.29 is 13.2 Å². The van der Waals surface area contributed by atoms with Crippen LogP contribution in [0.3, 0.4) is 0 Å². The quantitative estimate of drug-likeness (QED) is 0.839. The van der Waals surface area contributed by atoms with Crippen LogP contribution < -0.4 is 4.72 Å². The third-order valence-corrected chi connectivity index (χ3v) is 5.52. The minimum Gasteiger partial charge on any atom is -0.284 e. The Morgan fingerprint density at radius 1 is 1.22 bits per heavy atom. The molecule has 0 radical (unpaired) electrons. The molecule has 1 aromatic carbocycles. The summed E-state index contributed by atoms with van der Waals surface area (Å²) < 4.78 is 25.1. The number of nitrogens with zero attached hydrogens (tertiary/aromatic N) is 2. The van der Waals surface area contributed by atoms with Crippen LogP contribution in [0.2, 0.25) is 0 Å². The molecule has 144 valence electrons. The molecule has 0 fully saturated rings. The van der Waals surface area contributed by atoms with E-state index in [0.717, 1.165) is 23.1 Å². The van der Waals surface area contributed by atoms with Gasteiger partial charge in [-0.3, -0.25) is 9.52 Å². The first-order chi connectivity index (χ1) is 12.5. The molecule has 2 aromatic rings. The lowest BCUT2D eigenvalue weighted by Crippen LogP contribution is -2.36. The molecular weight excluding hydrogens is 382 g/mol. The summed E-state index contributed by atoms with van der Waals surface area (Å²) in [6, 6.07) is 8.95. The topological polar surface area (TPSA) is 78.8 Å². The van der Waals surface area contributed by atoms with Gasteiger partial charge in [-0.05, 0) is 40.1 Å². The Morgan fingerprint density at radius 3 is 2.41 bits per heavy atom. The zero-order chi connectivity index (χ0) is 19.8. The highest BCUT2D eigenvalue weighted by molar-refractivity contribution is 7.92. The highest BCUT2D eigenvalue weighted by Crippen LogP contribution is 2.36. The second kappa shape index (κ2) is 7.09. The Kier molecular flexibility index (Phi) is 5.14. The van der Waals surface area contributed by atoms with Crippen molar-refractivity contribution in [2.24, 2.45) is 10.5 Å². The number of carbonyl (C=O) groups is 1. The van der Waals surface area contributed by atoms with Crippen molar-refractivity contribution in [2.75, 3.05) is 11.0 Å². The maximum atomic E-state index is 12.9. The molecule has 1 atom stereocenters. The Labute approximate surface area is 164 Å². The summed E-state index contributed by atoms with van der Waals surface area (Å²) in [5.41, 5.74) is 2.73. The number of hydrazone groups is 1. The molecule has 1 aromatic heterocycles. The van der Waals surface area contributed by atoms with Crippen molar-refractivity contribution in [2.45, 2.75) is 33.2 Å². The molecule has 6 nitrogen and oxygen atoms in total. The minimum atomic E-state index is -3.32. The molecular formula is C19H23N3O3S2. The molecule has 0 saturated heterocycles. The summed E-state index contributed by atoms with van der Waals surface area (Å²) in [6.45, 7) is 5.66. The summed E-state index contributed by atoms with van der Waals surface area (Å²) in [6.07, 6.45) is 1.74. The van der Waals surface area contributed by atoms with Gasteiger partial charge in [-0.2, -0.15) is 16.4 Å². The van der Waals surface area contributed by atoms with E-state index in [1.807, 2.05) is 49.7 Å². The first-order valence-electron chi connectivity index (χ1n) is 8.56. The van der Waals surface area contributed by atoms with Crippen LogP contribution in [-0.4, -0.2) is 31.3 Å². The van der Waals surface area contributed by atoms with Gasteiger partial charge in [0, 0.05) is 17.5 Å². The Morgan fingerprint density at radius 2 is 1.89 bits per heavy atom. The van der Waals surface area contributed by atoms with Gasteiger partial charge in [0.05, 0.1) is 18.0 Å². The van der Waals surface area contributed by atoms with Crippen LogP contribution in [-0.2, 0) is 14.8 Å². The molecule has 3 rings (SSSR count). The largest absolute Gasteiger partial charge is 0.284 e. The number of hydrogen-bond acceptors (Lipinski definition) is 5. The van der Waals surface area contributed by atoms with Crippen molar-refractivity contribution >= 4 is 38.7 Å². The summed E-state index contributed by atoms with van der Waals surface area (Å²) in [7, 11) is -3.32. The SMILES string of the molecule is CC(C)(C)C(=O)N1N=C(c2ccc(NS(C)(=O)=O)cc2)C[C@@H]1c1ccsc1. The molecule has 2 heterocycles. The van der Waals surface area contributed by atoms with E-state index in [4.69, 9.17) is 0 Å². The first kappa shape index (κ1) is 19.6. The molecule has 1 aliphatic heterocycles. The lowest BCUT2D eigenvalue weighted by Gasteiger charge is -2.27. The Hall–Kier alpha value is -2.19. The van der Waals surface area contributed by atoms with E-state index in [9.17, 15) is 13.2 Å². The second-order valence-corrected chi connectivity index (χ2v) is 10.2. The number of nitrogens with one attached hydrogen (secondary N) is 1. The third-order valence-electron chi connectivity index (χ3n) is 4.21. The van der Waals surface area contributed by atoms with Gasteiger partial charge in [0.2, 0.25) is 15.9 Å². The van der Waals surface area contributed by atoms with Crippen LogP contribution in [0.5, 0.6) is 0 Å². The van der Waals surface area contributed by atoms with Gasteiger partial charge in [-0.15, -0.1) is 0 Å². The fraction of sp³-hybridized carbons (Fsp3) is 0.368. The molecule has 1 aliphatic rings. The molecule has 1 N–H and O–H groups in total. The lowest BCUT2D eigenvalue weighted by molar-refractivity contribution is -0.141. The first-order valence-corrected chi connectivity index (χ1v) is 11.4. The predicted molar refractivity (Wildman–Crippen MR) is 109 cm³/mol. The average molecular weight is 406 g/mol. The van der Waals surface area contributed by atoms with E-state index >= 15 is 0 Å². The van der Waals surface area contributed by atoms with E-state index in [1.165, 1.54) is 0 Å². The van der Waals surface area contributed by atoms with Crippen molar-refractivity contribution in [3.8, 4) is 0 Å². The van der Waals surface area contributed by atoms with E-state index < -0.39 is 15.4 Å². The van der Waals surface area contributed by atoms with Crippen LogP contribution in [0.1, 0.15) is 44.4 Å². The zero-order valence-electron chi connectivity index (χ0n) is 15.8. The van der Waals surface area contributed by atoms with Gasteiger partial charge in [-0.1, -0.05) is 32.9 Å². The maximum Gasteiger partial charge on any atom is 0.248 e. The van der Waals surface area contributed by atoms with Gasteiger partial charge in [0.1, 0.15) is 0 Å². The van der Waals surface area contributed by atoms with Crippen molar-refractivity contribution in [3.05, 3.63) is 52.2 Å². The average Bonchev–Trinajstić information content (AvgIpc) is 3.21. The molecule has 0 spiro atoms. The molecule has 1 amide bonds. The summed E-state index contributed by atoms with van der Waals surface area (Å²) in [5, 5.41) is 10.3. The molecule has 0 aliphatic carbocycles. The Balaban J connectivity index is 1.90. The van der Waals surface area contributed by atoms with Gasteiger partial charge < -0.3 is 0 Å². The number of anilines is 1. The van der Waals surface area contributed by atoms with Crippen LogP contribution in [0.25, 0.3) is 0 Å². The van der Waals surface area contributed by atoms with Gasteiger partial charge in [-0.25, -0.2) is 13.4 Å². The maximum absolute atomic E-state index is 12.9. The molecule has 0 bridgehead atoms. The molecule has 0 unspecified atom stereocenters. The number of thiophene rings is 1. The molecule has 0 saturated carbocycles. The van der Waals surface area contributed by atoms with Crippen molar-refractivity contribution in [1.82, 2.24) is 5.01 Å². The van der Waals surface area contributed by atoms with E-state index in [2.05, 4.69) is 9.82 Å². The number of rotatable bonds is 4. The zero-order valence-corrected chi connectivity index (χ0v) is 17.4. The number of sulfonamides is 1. The monoisotopic (exact) mass is 405 g/mol. The smallest absolute Gasteiger partial charge is 0.248 e. The Bertz CT molecular complexity index is 957. The molecule has 27 heavy (non-hydrogen) atoms. The van der Waals surface area contributed by atoms with Crippen LogP contribution in [0.4, 0.5) is 5.69 Å². The van der Waals surface area contributed by atoms with E-state index in [-0.39, 0.29) is 11.9 Å². The number of carbonyl (C=O) groups excluding carboxylic acids is 1. The van der Waals surface area contributed by atoms with Crippen LogP contribution >= 0.6 is 11.3 Å². The minimum absolute atomic E-state index is 0.0240. The van der Waals surface area contributed by atoms with Crippen LogP contribution in [0.15, 0.2) is 46.2 Å². The predicted octanol–water partition coefficient (Wildman–Crippen LogP) is 3.84. The van der Waals surface area contributed by atoms with Gasteiger partial charge >= 0.3 is 0 Å². The number of hydrogen-bond donors (Lipinski definition) is 1. The summed E-state index contributed by atoms with van der Waals surface area (Å²) in [4.78, 5) is 12.9. The van der Waals surface area contributed by atoms with Crippen molar-refractivity contribution in [1.29, 1.82) is 0 Å². The standard InChI is InChI=1S/C19H23N3O3S2/c1-19(2,3)18(23)22-17(14-9-10-26-12-14)11-16(20-22)13-5-7-15(8-6-13)21-27(4,24)25/h5-10,12,17,21H,11H2,1-4H3/t17-/m1/s1. The number of benzene rings is 1. The third kappa shape index (κ3) is 4.56. The fourth-order valence-electron chi connectivity index (χ4n) is 2.88. The van der Waals surface area contributed by atoms with Crippen LogP contribution in [0, 0.1) is 5.41 Å². The highest BCUT2D eigenvalue weighted by atomic mass is 32.2. The van der Waals surface area contributed by atoms with E-state index in [0.29, 0.717) is 12.1 Å². The van der Waals surface area contributed by atoms with Gasteiger partial charge in [0.25, 0.3) is 0 Å². The second-order valence-electron chi connectivity index (χ2n) is 7.67. The van der Waals surface area contributed by atoms with Crippen molar-refractivity contribution in [3.63, 3.8) is 0 Å². The fourth-order valence-corrected chi connectivity index (χ4v) is 4.16. The van der Waals surface area contributed by atoms with Gasteiger partial charge in [0.15, 0.2) is 0 Å². The molecule has 8 heteroatoms. The summed E-state index contributed by atoms with van der Waals surface area (Å²) in [5.74, 6) is -0.0240. The number of amides is 1. The summed E-state index contributed by atoms with van der Waals surface area (Å²) >= 11 is 1.60. The van der Waals surface area contributed by atoms with E-state index in [1.54, 1.807) is 28.5 Å².